The lowest BCUT2D eigenvalue weighted by Gasteiger charge is -2.15. The number of nitrogens with one attached hydrogen (secondary N) is 1. The molecule has 1 N–H and O–H groups in total. The van der Waals surface area contributed by atoms with Crippen molar-refractivity contribution >= 4 is 0 Å². The molecule has 1 atom stereocenters. The van der Waals surface area contributed by atoms with E-state index in [-0.39, 0.29) is 0 Å². The monoisotopic (exact) mass is 193 g/mol. The summed E-state index contributed by atoms with van der Waals surface area (Å²) in [7, 11) is 3.71. The van der Waals surface area contributed by atoms with Crippen LogP contribution in [0.2, 0.25) is 0 Å². The van der Waals surface area contributed by atoms with E-state index in [2.05, 4.69) is 36.5 Å². The van der Waals surface area contributed by atoms with Crippen LogP contribution in [0.1, 0.15) is 11.1 Å². The van der Waals surface area contributed by atoms with Crippen LogP contribution in [0.3, 0.4) is 0 Å². The first-order valence-electron chi connectivity index (χ1n) is 4.98. The average molecular weight is 193 g/mol. The topological polar surface area (TPSA) is 21.3 Å². The maximum atomic E-state index is 5.13. The molecule has 0 aromatic heterocycles. The molecule has 0 saturated heterocycles. The third-order valence-electron chi connectivity index (χ3n) is 2.34. The van der Waals surface area contributed by atoms with Gasteiger partial charge in [-0.2, -0.15) is 0 Å². The van der Waals surface area contributed by atoms with Crippen LogP contribution in [0.25, 0.3) is 0 Å². The molecule has 0 heterocycles. The highest BCUT2D eigenvalue weighted by Gasteiger charge is 2.06. The summed E-state index contributed by atoms with van der Waals surface area (Å²) in [6, 6.07) is 9.01. The highest BCUT2D eigenvalue weighted by atomic mass is 16.5. The van der Waals surface area contributed by atoms with Crippen LogP contribution in [0.5, 0.6) is 0 Å². The minimum atomic E-state index is 0.404. The molecule has 2 nitrogen and oxygen atoms in total. The average Bonchev–Trinajstić information content (AvgIpc) is 2.17. The van der Waals surface area contributed by atoms with Gasteiger partial charge in [0.2, 0.25) is 0 Å². The molecule has 1 unspecified atom stereocenters. The molecule has 0 aliphatic carbocycles. The zero-order valence-corrected chi connectivity index (χ0v) is 9.21. The van der Waals surface area contributed by atoms with Crippen molar-refractivity contribution < 1.29 is 4.74 Å². The highest BCUT2D eigenvalue weighted by Crippen LogP contribution is 2.06. The van der Waals surface area contributed by atoms with E-state index in [1.165, 1.54) is 11.1 Å². The van der Waals surface area contributed by atoms with Gasteiger partial charge in [0, 0.05) is 13.2 Å². The van der Waals surface area contributed by atoms with Crippen LogP contribution in [0.4, 0.5) is 0 Å². The molecular weight excluding hydrogens is 174 g/mol. The van der Waals surface area contributed by atoms with Crippen LogP contribution in [0, 0.1) is 6.92 Å². The van der Waals surface area contributed by atoms with Crippen LogP contribution in [-0.4, -0.2) is 26.8 Å². The van der Waals surface area contributed by atoms with Crippen molar-refractivity contribution in [2.24, 2.45) is 0 Å². The molecule has 1 aromatic rings. The Kier molecular flexibility index (Phi) is 4.63. The third-order valence-corrected chi connectivity index (χ3v) is 2.34. The standard InChI is InChI=1S/C12H19NO/c1-10-5-4-6-11(7-10)8-12(13-2)9-14-3/h4-7,12-13H,8-9H2,1-3H3. The van der Waals surface area contributed by atoms with Crippen molar-refractivity contribution in [1.29, 1.82) is 0 Å². The van der Waals surface area contributed by atoms with Crippen LogP contribution in [-0.2, 0) is 11.2 Å². The van der Waals surface area contributed by atoms with Crippen molar-refractivity contribution in [3.63, 3.8) is 0 Å². The first-order valence-corrected chi connectivity index (χ1v) is 4.98. The van der Waals surface area contributed by atoms with E-state index in [4.69, 9.17) is 4.74 Å². The Balaban J connectivity index is 2.57. The van der Waals surface area contributed by atoms with Gasteiger partial charge >= 0.3 is 0 Å². The lowest BCUT2D eigenvalue weighted by atomic mass is 10.0. The van der Waals surface area contributed by atoms with Crippen LogP contribution >= 0.6 is 0 Å². The quantitative estimate of drug-likeness (QED) is 0.769. The molecule has 0 fully saturated rings. The van der Waals surface area contributed by atoms with Crippen molar-refractivity contribution in [2.45, 2.75) is 19.4 Å². The summed E-state index contributed by atoms with van der Waals surface area (Å²) in [5, 5.41) is 3.25. The summed E-state index contributed by atoms with van der Waals surface area (Å²) < 4.78 is 5.13. The van der Waals surface area contributed by atoms with E-state index >= 15 is 0 Å². The number of aryl methyl sites for hydroxylation is 1. The molecule has 1 rings (SSSR count). The Morgan fingerprint density at radius 2 is 2.21 bits per heavy atom. The number of benzene rings is 1. The minimum Gasteiger partial charge on any atom is -0.383 e. The molecular formula is C12H19NO. The Morgan fingerprint density at radius 1 is 1.43 bits per heavy atom. The summed E-state index contributed by atoms with van der Waals surface area (Å²) in [5.74, 6) is 0. The number of methoxy groups -OCH3 is 1. The zero-order chi connectivity index (χ0) is 10.4. The number of hydrogen-bond acceptors (Lipinski definition) is 2. The summed E-state index contributed by atoms with van der Waals surface area (Å²) in [6.45, 7) is 2.87. The van der Waals surface area contributed by atoms with Gasteiger partial charge in [0.25, 0.3) is 0 Å². The Bertz CT molecular complexity index is 273. The Labute approximate surface area is 86.3 Å². The Morgan fingerprint density at radius 3 is 2.79 bits per heavy atom. The van der Waals surface area contributed by atoms with Crippen molar-refractivity contribution in [3.8, 4) is 0 Å². The van der Waals surface area contributed by atoms with Gasteiger partial charge in [-0.25, -0.2) is 0 Å². The fourth-order valence-electron chi connectivity index (χ4n) is 1.57. The summed E-state index contributed by atoms with van der Waals surface area (Å²) >= 11 is 0. The van der Waals surface area contributed by atoms with E-state index in [0.29, 0.717) is 6.04 Å². The van der Waals surface area contributed by atoms with Gasteiger partial charge in [0.1, 0.15) is 0 Å². The van der Waals surface area contributed by atoms with E-state index in [9.17, 15) is 0 Å². The lowest BCUT2D eigenvalue weighted by Crippen LogP contribution is -2.32. The number of ether oxygens (including phenoxy) is 1. The molecule has 78 valence electrons. The van der Waals surface area contributed by atoms with Gasteiger partial charge in [0.05, 0.1) is 6.61 Å². The summed E-state index contributed by atoms with van der Waals surface area (Å²) in [4.78, 5) is 0. The number of hydrogen-bond donors (Lipinski definition) is 1. The van der Waals surface area contributed by atoms with Gasteiger partial charge in [0.15, 0.2) is 0 Å². The molecule has 0 amide bonds. The normalized spacial score (nSPS) is 12.8. The largest absolute Gasteiger partial charge is 0.383 e. The third kappa shape index (κ3) is 3.48. The lowest BCUT2D eigenvalue weighted by molar-refractivity contribution is 0.169. The fraction of sp³-hybridized carbons (Fsp3) is 0.500. The molecule has 0 radical (unpaired) electrons. The molecule has 2 heteroatoms. The summed E-state index contributed by atoms with van der Waals surface area (Å²) in [6.07, 6.45) is 1.02. The van der Waals surface area contributed by atoms with Crippen molar-refractivity contribution in [2.75, 3.05) is 20.8 Å². The Hall–Kier alpha value is -0.860. The maximum absolute atomic E-state index is 5.13. The van der Waals surface area contributed by atoms with Crippen molar-refractivity contribution in [3.05, 3.63) is 35.4 Å². The van der Waals surface area contributed by atoms with E-state index in [0.717, 1.165) is 13.0 Å². The molecule has 14 heavy (non-hydrogen) atoms. The van der Waals surface area contributed by atoms with Crippen molar-refractivity contribution in [1.82, 2.24) is 5.32 Å². The number of likely N-dealkylation sites (N-methyl/N-ethyl adjacent to an activating group) is 1. The predicted molar refractivity (Wildman–Crippen MR) is 59.6 cm³/mol. The predicted octanol–water partition coefficient (Wildman–Crippen LogP) is 1.77. The first-order chi connectivity index (χ1) is 6.76. The molecule has 1 aromatic carbocycles. The van der Waals surface area contributed by atoms with E-state index < -0.39 is 0 Å². The molecule has 0 saturated carbocycles. The maximum Gasteiger partial charge on any atom is 0.0618 e. The smallest absolute Gasteiger partial charge is 0.0618 e. The minimum absolute atomic E-state index is 0.404. The number of rotatable bonds is 5. The second-order valence-corrected chi connectivity index (χ2v) is 3.63. The highest BCUT2D eigenvalue weighted by molar-refractivity contribution is 5.22. The zero-order valence-electron chi connectivity index (χ0n) is 9.21. The molecule has 0 aliphatic rings. The fourth-order valence-corrected chi connectivity index (χ4v) is 1.57. The van der Waals surface area contributed by atoms with E-state index in [1.54, 1.807) is 7.11 Å². The molecule has 0 bridgehead atoms. The van der Waals surface area contributed by atoms with Gasteiger partial charge in [-0.3, -0.25) is 0 Å². The van der Waals surface area contributed by atoms with Gasteiger partial charge in [-0.05, 0) is 26.0 Å². The van der Waals surface area contributed by atoms with Gasteiger partial charge in [-0.1, -0.05) is 29.8 Å². The van der Waals surface area contributed by atoms with Crippen LogP contribution in [0.15, 0.2) is 24.3 Å². The summed E-state index contributed by atoms with van der Waals surface area (Å²) in [5.41, 5.74) is 2.68. The SMILES string of the molecule is CNC(COC)Cc1cccc(C)c1. The first kappa shape index (κ1) is 11.2. The van der Waals surface area contributed by atoms with Crippen LogP contribution < -0.4 is 5.32 Å². The molecule has 0 spiro atoms. The van der Waals surface area contributed by atoms with Gasteiger partial charge in [-0.15, -0.1) is 0 Å². The molecule has 0 aliphatic heterocycles. The van der Waals surface area contributed by atoms with E-state index in [1.807, 2.05) is 7.05 Å². The van der Waals surface area contributed by atoms with Gasteiger partial charge < -0.3 is 10.1 Å². The second-order valence-electron chi connectivity index (χ2n) is 3.63. The second kappa shape index (κ2) is 5.78.